The highest BCUT2D eigenvalue weighted by molar-refractivity contribution is 6.05. The summed E-state index contributed by atoms with van der Waals surface area (Å²) in [6.07, 6.45) is 1.58. The third-order valence-electron chi connectivity index (χ3n) is 4.06. The number of fused-ring (bicyclic) bond motifs is 1. The van der Waals surface area contributed by atoms with E-state index in [1.54, 1.807) is 35.1 Å². The van der Waals surface area contributed by atoms with Crippen LogP contribution in [0.3, 0.4) is 0 Å². The molecule has 4 aromatic rings. The van der Waals surface area contributed by atoms with Gasteiger partial charge in [0.15, 0.2) is 5.82 Å². The van der Waals surface area contributed by atoms with Crippen molar-refractivity contribution in [3.05, 3.63) is 71.6 Å². The maximum atomic E-state index is 13.3. The van der Waals surface area contributed by atoms with Crippen LogP contribution >= 0.6 is 0 Å². The van der Waals surface area contributed by atoms with Crippen LogP contribution in [0.2, 0.25) is 0 Å². The molecule has 26 heavy (non-hydrogen) atoms. The second-order valence-corrected chi connectivity index (χ2v) is 6.11. The van der Waals surface area contributed by atoms with Gasteiger partial charge in [-0.05, 0) is 56.3 Å². The Kier molecular flexibility index (Phi) is 3.76. The molecule has 1 amide bonds. The van der Waals surface area contributed by atoms with Crippen molar-refractivity contribution in [1.82, 2.24) is 19.7 Å². The number of nitrogens with zero attached hydrogens (tertiary/aromatic N) is 3. The fourth-order valence-electron chi connectivity index (χ4n) is 2.87. The van der Waals surface area contributed by atoms with Crippen LogP contribution in [0.25, 0.3) is 16.7 Å². The number of benzene rings is 1. The molecule has 0 aliphatic carbocycles. The Labute approximate surface area is 148 Å². The number of rotatable bonds is 3. The standard InChI is InChI=1S/C19H16FN5O/c1-11-7-12(2)25(24-11)18-6-4-15(10-21-18)22-19(26)17-9-13-8-14(20)3-5-16(13)23-17/h3-10,23H,1-2H3,(H,22,26). The van der Waals surface area contributed by atoms with E-state index in [-0.39, 0.29) is 11.7 Å². The van der Waals surface area contributed by atoms with Gasteiger partial charge in [-0.3, -0.25) is 4.79 Å². The Morgan fingerprint density at radius 3 is 2.69 bits per heavy atom. The number of H-pyrrole nitrogens is 1. The Morgan fingerprint density at radius 2 is 2.00 bits per heavy atom. The SMILES string of the molecule is Cc1cc(C)n(-c2ccc(NC(=O)c3cc4cc(F)ccc4[nH]3)cn2)n1. The van der Waals surface area contributed by atoms with Crippen LogP contribution in [0.5, 0.6) is 0 Å². The number of anilines is 1. The van der Waals surface area contributed by atoms with Crippen molar-refractivity contribution in [2.45, 2.75) is 13.8 Å². The van der Waals surface area contributed by atoms with Crippen LogP contribution in [-0.4, -0.2) is 25.7 Å². The summed E-state index contributed by atoms with van der Waals surface area (Å²) in [6.45, 7) is 3.88. The van der Waals surface area contributed by atoms with Crippen molar-refractivity contribution in [3.63, 3.8) is 0 Å². The van der Waals surface area contributed by atoms with Crippen molar-refractivity contribution in [1.29, 1.82) is 0 Å². The Bertz CT molecular complexity index is 1110. The van der Waals surface area contributed by atoms with Crippen molar-refractivity contribution in [2.75, 3.05) is 5.32 Å². The van der Waals surface area contributed by atoms with Gasteiger partial charge < -0.3 is 10.3 Å². The minimum atomic E-state index is -0.340. The molecule has 0 aliphatic rings. The van der Waals surface area contributed by atoms with Crippen molar-refractivity contribution < 1.29 is 9.18 Å². The van der Waals surface area contributed by atoms with E-state index in [0.29, 0.717) is 28.1 Å². The lowest BCUT2D eigenvalue weighted by atomic mass is 10.2. The van der Waals surface area contributed by atoms with Crippen LogP contribution in [0.15, 0.2) is 48.7 Å². The average Bonchev–Trinajstić information content (AvgIpc) is 3.18. The van der Waals surface area contributed by atoms with Gasteiger partial charge in [-0.15, -0.1) is 0 Å². The second-order valence-electron chi connectivity index (χ2n) is 6.11. The first-order chi connectivity index (χ1) is 12.5. The van der Waals surface area contributed by atoms with Crippen molar-refractivity contribution >= 4 is 22.5 Å². The van der Waals surface area contributed by atoms with Gasteiger partial charge in [-0.1, -0.05) is 0 Å². The van der Waals surface area contributed by atoms with Gasteiger partial charge in [0.1, 0.15) is 11.5 Å². The van der Waals surface area contributed by atoms with Crippen molar-refractivity contribution in [2.24, 2.45) is 0 Å². The number of aromatic nitrogens is 4. The van der Waals surface area contributed by atoms with E-state index in [2.05, 4.69) is 20.4 Å². The molecule has 4 rings (SSSR count). The Hall–Kier alpha value is -3.48. The number of hydrogen-bond acceptors (Lipinski definition) is 3. The molecular weight excluding hydrogens is 333 g/mol. The number of hydrogen-bond donors (Lipinski definition) is 2. The molecule has 0 aliphatic heterocycles. The molecule has 1 aromatic carbocycles. The molecule has 0 atom stereocenters. The van der Waals surface area contributed by atoms with Crippen LogP contribution in [0.1, 0.15) is 21.9 Å². The number of carbonyl (C=O) groups is 1. The molecule has 7 heteroatoms. The van der Waals surface area contributed by atoms with E-state index < -0.39 is 0 Å². The fraction of sp³-hybridized carbons (Fsp3) is 0.105. The van der Waals surface area contributed by atoms with Gasteiger partial charge in [0.05, 0.1) is 17.6 Å². The third kappa shape index (κ3) is 2.95. The van der Waals surface area contributed by atoms with Crippen LogP contribution in [0, 0.1) is 19.7 Å². The lowest BCUT2D eigenvalue weighted by Gasteiger charge is -2.06. The molecule has 0 bridgehead atoms. The van der Waals surface area contributed by atoms with E-state index in [0.717, 1.165) is 11.4 Å². The maximum Gasteiger partial charge on any atom is 0.272 e. The smallest absolute Gasteiger partial charge is 0.272 e. The van der Waals surface area contributed by atoms with Crippen molar-refractivity contribution in [3.8, 4) is 5.82 Å². The minimum absolute atomic E-state index is 0.317. The Balaban J connectivity index is 1.54. The summed E-state index contributed by atoms with van der Waals surface area (Å²) in [5, 5.41) is 7.80. The highest BCUT2D eigenvalue weighted by atomic mass is 19.1. The number of pyridine rings is 1. The molecule has 3 heterocycles. The molecule has 0 fully saturated rings. The highest BCUT2D eigenvalue weighted by Crippen LogP contribution is 2.18. The molecule has 6 nitrogen and oxygen atoms in total. The molecule has 0 saturated carbocycles. The van der Waals surface area contributed by atoms with E-state index >= 15 is 0 Å². The zero-order valence-electron chi connectivity index (χ0n) is 14.2. The molecule has 0 unspecified atom stereocenters. The summed E-state index contributed by atoms with van der Waals surface area (Å²) in [5.41, 5.74) is 3.52. The van der Waals surface area contributed by atoms with Gasteiger partial charge in [-0.25, -0.2) is 14.1 Å². The normalized spacial score (nSPS) is 11.0. The first-order valence-electron chi connectivity index (χ1n) is 8.09. The largest absolute Gasteiger partial charge is 0.351 e. The molecule has 130 valence electrons. The van der Waals surface area contributed by atoms with E-state index in [1.807, 2.05) is 19.9 Å². The van der Waals surface area contributed by atoms with E-state index in [9.17, 15) is 9.18 Å². The van der Waals surface area contributed by atoms with E-state index in [4.69, 9.17) is 0 Å². The summed E-state index contributed by atoms with van der Waals surface area (Å²) in [7, 11) is 0. The molecular formula is C19H16FN5O. The molecule has 3 aromatic heterocycles. The summed E-state index contributed by atoms with van der Waals surface area (Å²) in [4.78, 5) is 19.7. The summed E-state index contributed by atoms with van der Waals surface area (Å²) >= 11 is 0. The maximum absolute atomic E-state index is 13.3. The van der Waals surface area contributed by atoms with E-state index in [1.165, 1.54) is 12.1 Å². The predicted octanol–water partition coefficient (Wildman–Crippen LogP) is 3.76. The van der Waals surface area contributed by atoms with Crippen LogP contribution in [0.4, 0.5) is 10.1 Å². The number of halogens is 1. The topological polar surface area (TPSA) is 75.6 Å². The molecule has 2 N–H and O–H groups in total. The monoisotopic (exact) mass is 349 g/mol. The summed E-state index contributed by atoms with van der Waals surface area (Å²) < 4.78 is 15.0. The summed E-state index contributed by atoms with van der Waals surface area (Å²) in [5.74, 6) is 0.0179. The minimum Gasteiger partial charge on any atom is -0.351 e. The zero-order valence-corrected chi connectivity index (χ0v) is 14.2. The number of carbonyl (C=O) groups excluding carboxylic acids is 1. The van der Waals surface area contributed by atoms with Gasteiger partial charge in [0.2, 0.25) is 0 Å². The van der Waals surface area contributed by atoms with Crippen LogP contribution in [-0.2, 0) is 0 Å². The first kappa shape index (κ1) is 16.0. The number of aryl methyl sites for hydroxylation is 2. The predicted molar refractivity (Wildman–Crippen MR) is 97.0 cm³/mol. The van der Waals surface area contributed by atoms with Gasteiger partial charge in [-0.2, -0.15) is 5.10 Å². The lowest BCUT2D eigenvalue weighted by molar-refractivity contribution is 0.102. The number of nitrogens with one attached hydrogen (secondary N) is 2. The first-order valence-corrected chi connectivity index (χ1v) is 8.09. The fourth-order valence-corrected chi connectivity index (χ4v) is 2.87. The third-order valence-corrected chi connectivity index (χ3v) is 4.06. The average molecular weight is 349 g/mol. The van der Waals surface area contributed by atoms with Crippen LogP contribution < -0.4 is 5.32 Å². The molecule has 0 spiro atoms. The highest BCUT2D eigenvalue weighted by Gasteiger charge is 2.11. The number of aromatic amines is 1. The quantitative estimate of drug-likeness (QED) is 0.591. The van der Waals surface area contributed by atoms with Gasteiger partial charge in [0, 0.05) is 16.6 Å². The zero-order chi connectivity index (χ0) is 18.3. The summed E-state index contributed by atoms with van der Waals surface area (Å²) in [6, 6.07) is 11.5. The van der Waals surface area contributed by atoms with Gasteiger partial charge in [0.25, 0.3) is 5.91 Å². The molecule has 0 radical (unpaired) electrons. The molecule has 0 saturated heterocycles. The Morgan fingerprint density at radius 1 is 1.15 bits per heavy atom. The lowest BCUT2D eigenvalue weighted by Crippen LogP contribution is -2.12. The second kappa shape index (κ2) is 6.11. The number of amides is 1. The van der Waals surface area contributed by atoms with Gasteiger partial charge >= 0.3 is 0 Å².